The van der Waals surface area contributed by atoms with Gasteiger partial charge >= 0.3 is 7.12 Å². The van der Waals surface area contributed by atoms with Gasteiger partial charge in [0.2, 0.25) is 0 Å². The van der Waals surface area contributed by atoms with Crippen molar-refractivity contribution in [2.45, 2.75) is 57.8 Å². The lowest BCUT2D eigenvalue weighted by atomic mass is 9.74. The molecule has 0 bridgehead atoms. The van der Waals surface area contributed by atoms with Crippen LogP contribution in [0.5, 0.6) is 0 Å². The average Bonchev–Trinajstić information content (AvgIpc) is 2.35. The van der Waals surface area contributed by atoms with E-state index in [4.69, 9.17) is 9.31 Å². The smallest absolute Gasteiger partial charge is 0.399 e. The molecule has 1 heterocycles. The highest BCUT2D eigenvalue weighted by Gasteiger charge is 2.52. The van der Waals surface area contributed by atoms with Crippen molar-refractivity contribution in [2.75, 3.05) is 0 Å². The lowest BCUT2D eigenvalue weighted by Gasteiger charge is -2.32. The van der Waals surface area contributed by atoms with Gasteiger partial charge in [-0.15, -0.1) is 0 Å². The van der Waals surface area contributed by atoms with E-state index >= 15 is 0 Å². The van der Waals surface area contributed by atoms with Gasteiger partial charge in [0.05, 0.1) is 16.8 Å². The number of rotatable bonds is 1. The second-order valence-corrected chi connectivity index (χ2v) is 6.19. The number of hydrogen-bond acceptors (Lipinski definition) is 3. The van der Waals surface area contributed by atoms with E-state index in [2.05, 4.69) is 0 Å². The second kappa shape index (κ2) is 3.71. The maximum atomic E-state index is 9.83. The predicted molar refractivity (Wildman–Crippen MR) is 68.5 cm³/mol. The normalized spacial score (nSPS) is 34.9. The van der Waals surface area contributed by atoms with Crippen LogP contribution in [0.15, 0.2) is 23.7 Å². The topological polar surface area (TPSA) is 38.7 Å². The maximum Gasteiger partial charge on any atom is 0.494 e. The van der Waals surface area contributed by atoms with Crippen LogP contribution in [0, 0.1) is 0 Å². The standard InChI is InChI=1S/C13H21BO3/c1-11(2)12(3,4)17-14(16-11)10-6-8-13(5,15)9-7-10/h6-8,15H,9H2,1-5H3. The SMILES string of the molecule is CC1(O)C=CC(B2OC(C)(C)C(C)(C)O2)=CC1. The monoisotopic (exact) mass is 236 g/mol. The fraction of sp³-hybridized carbons (Fsp3) is 0.692. The minimum absolute atomic E-state index is 0.313. The summed E-state index contributed by atoms with van der Waals surface area (Å²) in [4.78, 5) is 0. The van der Waals surface area contributed by atoms with E-state index in [0.29, 0.717) is 6.42 Å². The van der Waals surface area contributed by atoms with Gasteiger partial charge < -0.3 is 14.4 Å². The van der Waals surface area contributed by atoms with E-state index in [1.807, 2.05) is 39.8 Å². The number of hydrogen-bond donors (Lipinski definition) is 1. The van der Waals surface area contributed by atoms with Crippen LogP contribution in [0.2, 0.25) is 0 Å². The summed E-state index contributed by atoms with van der Waals surface area (Å²) >= 11 is 0. The third-order valence-electron chi connectivity index (χ3n) is 3.91. The molecule has 0 aromatic carbocycles. The third kappa shape index (κ3) is 2.35. The summed E-state index contributed by atoms with van der Waals surface area (Å²) in [5.41, 5.74) is -0.374. The molecule has 0 radical (unpaired) electrons. The first-order chi connectivity index (χ1) is 7.63. The lowest BCUT2D eigenvalue weighted by molar-refractivity contribution is 0.00578. The fourth-order valence-electron chi connectivity index (χ4n) is 1.89. The molecule has 0 aromatic heterocycles. The maximum absolute atomic E-state index is 9.83. The Kier molecular flexibility index (Phi) is 2.81. The molecule has 94 valence electrons. The van der Waals surface area contributed by atoms with Crippen molar-refractivity contribution in [1.82, 2.24) is 0 Å². The second-order valence-electron chi connectivity index (χ2n) is 6.19. The van der Waals surface area contributed by atoms with Crippen LogP contribution in [0.3, 0.4) is 0 Å². The van der Waals surface area contributed by atoms with Crippen LogP contribution in [0.1, 0.15) is 41.0 Å². The summed E-state index contributed by atoms with van der Waals surface area (Å²) in [6.07, 6.45) is 6.28. The van der Waals surface area contributed by atoms with Crippen LogP contribution < -0.4 is 0 Å². The molecule has 0 spiro atoms. The van der Waals surface area contributed by atoms with Crippen molar-refractivity contribution in [3.8, 4) is 0 Å². The van der Waals surface area contributed by atoms with Crippen LogP contribution in [-0.2, 0) is 9.31 Å². The molecule has 2 aliphatic rings. The Balaban J connectivity index is 2.14. The van der Waals surface area contributed by atoms with Crippen molar-refractivity contribution in [3.05, 3.63) is 23.7 Å². The molecular weight excluding hydrogens is 215 g/mol. The highest BCUT2D eigenvalue weighted by atomic mass is 16.7. The fourth-order valence-corrected chi connectivity index (χ4v) is 1.89. The number of aliphatic hydroxyl groups is 1. The van der Waals surface area contributed by atoms with E-state index < -0.39 is 5.60 Å². The van der Waals surface area contributed by atoms with Crippen molar-refractivity contribution in [3.63, 3.8) is 0 Å². The van der Waals surface area contributed by atoms with Gasteiger partial charge in [0.25, 0.3) is 0 Å². The van der Waals surface area contributed by atoms with Gasteiger partial charge in [0.1, 0.15) is 0 Å². The van der Waals surface area contributed by atoms with Crippen LogP contribution in [0.4, 0.5) is 0 Å². The van der Waals surface area contributed by atoms with Crippen molar-refractivity contribution in [1.29, 1.82) is 0 Å². The zero-order valence-electron chi connectivity index (χ0n) is 11.3. The van der Waals surface area contributed by atoms with Gasteiger partial charge in [0.15, 0.2) is 0 Å². The molecule has 1 unspecified atom stereocenters. The molecule has 0 aromatic rings. The van der Waals surface area contributed by atoms with Gasteiger partial charge in [-0.2, -0.15) is 0 Å². The van der Waals surface area contributed by atoms with Gasteiger partial charge in [-0.3, -0.25) is 0 Å². The van der Waals surface area contributed by atoms with E-state index in [0.717, 1.165) is 5.47 Å². The summed E-state index contributed by atoms with van der Waals surface area (Å²) in [5, 5.41) is 9.83. The zero-order valence-corrected chi connectivity index (χ0v) is 11.3. The van der Waals surface area contributed by atoms with E-state index in [1.54, 1.807) is 13.0 Å². The van der Waals surface area contributed by atoms with E-state index in [-0.39, 0.29) is 18.3 Å². The summed E-state index contributed by atoms with van der Waals surface area (Å²) < 4.78 is 11.9. The van der Waals surface area contributed by atoms with Gasteiger partial charge in [-0.1, -0.05) is 18.2 Å². The van der Waals surface area contributed by atoms with Crippen molar-refractivity contribution in [2.24, 2.45) is 0 Å². The molecule has 2 rings (SSSR count). The Labute approximate surface area is 104 Å². The van der Waals surface area contributed by atoms with Crippen LogP contribution >= 0.6 is 0 Å². The van der Waals surface area contributed by atoms with Crippen molar-refractivity contribution < 1.29 is 14.4 Å². The Morgan fingerprint density at radius 1 is 1.12 bits per heavy atom. The zero-order chi connectivity index (χ0) is 12.9. The molecule has 1 fully saturated rings. The van der Waals surface area contributed by atoms with Gasteiger partial charge in [0, 0.05) is 0 Å². The minimum Gasteiger partial charge on any atom is -0.399 e. The van der Waals surface area contributed by atoms with Gasteiger partial charge in [-0.25, -0.2) is 0 Å². The molecule has 1 saturated heterocycles. The quantitative estimate of drug-likeness (QED) is 0.709. The summed E-state index contributed by atoms with van der Waals surface area (Å²) in [6, 6.07) is 0. The Morgan fingerprint density at radius 3 is 2.06 bits per heavy atom. The molecule has 17 heavy (non-hydrogen) atoms. The Hall–Kier alpha value is -0.575. The molecule has 0 saturated carbocycles. The molecule has 1 aliphatic heterocycles. The van der Waals surface area contributed by atoms with Crippen LogP contribution in [0.25, 0.3) is 0 Å². The largest absolute Gasteiger partial charge is 0.494 e. The van der Waals surface area contributed by atoms with Crippen molar-refractivity contribution >= 4 is 7.12 Å². The minimum atomic E-state index is -0.743. The van der Waals surface area contributed by atoms with E-state index in [9.17, 15) is 5.11 Å². The molecule has 1 atom stereocenters. The summed E-state index contributed by atoms with van der Waals surface area (Å²) in [7, 11) is -0.327. The highest BCUT2D eigenvalue weighted by Crippen LogP contribution is 2.39. The third-order valence-corrected chi connectivity index (χ3v) is 3.91. The lowest BCUT2D eigenvalue weighted by Crippen LogP contribution is -2.41. The first-order valence-corrected chi connectivity index (χ1v) is 6.10. The average molecular weight is 236 g/mol. The summed E-state index contributed by atoms with van der Waals surface area (Å²) in [6.45, 7) is 9.94. The van der Waals surface area contributed by atoms with Gasteiger partial charge in [-0.05, 0) is 46.5 Å². The number of allylic oxidation sites excluding steroid dienone is 2. The molecule has 4 heteroatoms. The van der Waals surface area contributed by atoms with Crippen LogP contribution in [-0.4, -0.2) is 29.0 Å². The predicted octanol–water partition coefficient (Wildman–Crippen LogP) is 2.26. The Bertz CT molecular complexity index is 364. The first-order valence-electron chi connectivity index (χ1n) is 6.10. The molecular formula is C13H21BO3. The molecule has 3 nitrogen and oxygen atoms in total. The first kappa shape index (κ1) is 12.9. The summed E-state index contributed by atoms with van der Waals surface area (Å²) in [5.74, 6) is 0. The highest BCUT2D eigenvalue weighted by molar-refractivity contribution is 6.55. The molecule has 1 aliphatic carbocycles. The molecule has 0 amide bonds. The molecule has 1 N–H and O–H groups in total. The van der Waals surface area contributed by atoms with E-state index in [1.165, 1.54) is 0 Å². The Morgan fingerprint density at radius 2 is 1.65 bits per heavy atom.